The molecule has 4 rings (SSSR count). The highest BCUT2D eigenvalue weighted by Crippen LogP contribution is 2.26. The Hall–Kier alpha value is -2.84. The lowest BCUT2D eigenvalue weighted by Gasteiger charge is -2.01. The van der Waals surface area contributed by atoms with E-state index in [-0.39, 0.29) is 0 Å². The molecule has 0 atom stereocenters. The molecular formula is C20H22ClN7S. The first kappa shape index (κ1) is 20.9. The van der Waals surface area contributed by atoms with Crippen molar-refractivity contribution in [3.8, 4) is 22.0 Å². The van der Waals surface area contributed by atoms with E-state index in [1.807, 2.05) is 55.1 Å². The molecule has 4 aromatic rings. The van der Waals surface area contributed by atoms with Crippen LogP contribution in [0, 0.1) is 0 Å². The first-order valence-electron chi connectivity index (χ1n) is 9.06. The molecule has 150 valence electrons. The summed E-state index contributed by atoms with van der Waals surface area (Å²) in [7, 11) is 3.74. The highest BCUT2D eigenvalue weighted by atomic mass is 35.5. The summed E-state index contributed by atoms with van der Waals surface area (Å²) < 4.78 is 6.21. The Labute approximate surface area is 179 Å². The van der Waals surface area contributed by atoms with Crippen molar-refractivity contribution in [1.29, 1.82) is 0 Å². The first-order chi connectivity index (χ1) is 14.0. The molecule has 1 aromatic carbocycles. The molecule has 0 spiro atoms. The second-order valence-electron chi connectivity index (χ2n) is 6.51. The van der Waals surface area contributed by atoms with Crippen molar-refractivity contribution in [1.82, 2.24) is 29.1 Å². The monoisotopic (exact) mass is 427 g/mol. The second-order valence-corrected chi connectivity index (χ2v) is 7.70. The third-order valence-corrected chi connectivity index (χ3v) is 5.08. The molecule has 0 radical (unpaired) electrons. The zero-order valence-corrected chi connectivity index (χ0v) is 18.2. The van der Waals surface area contributed by atoms with Gasteiger partial charge in [-0.15, -0.1) is 10.2 Å². The van der Waals surface area contributed by atoms with E-state index in [1.54, 1.807) is 12.4 Å². The Morgan fingerprint density at radius 2 is 1.83 bits per heavy atom. The second kappa shape index (κ2) is 9.58. The normalized spacial score (nSPS) is 10.6. The van der Waals surface area contributed by atoms with Crippen LogP contribution >= 0.6 is 23.1 Å². The Morgan fingerprint density at radius 3 is 2.41 bits per heavy atom. The van der Waals surface area contributed by atoms with Gasteiger partial charge in [0.25, 0.3) is 0 Å². The lowest BCUT2D eigenvalue weighted by Crippen LogP contribution is -1.99. The molecule has 7 nitrogen and oxygen atoms in total. The van der Waals surface area contributed by atoms with Gasteiger partial charge in [0, 0.05) is 48.6 Å². The summed E-state index contributed by atoms with van der Waals surface area (Å²) in [4.78, 5) is 8.42. The number of nitrogens with zero attached hydrogens (tertiary/aromatic N) is 6. The standard InChI is InChI=1S/C11H11ClN2S.C9H11N5/c1-7(2)10-13-11(15-14-10)8-4-3-5-9(12)6-8;1-10-9-13-12-8(14(9)2)7-3-5-11-6-4-7/h3-7H,1-2H3;3-6H,1-2H3,(H,10,13). The molecule has 0 amide bonds. The zero-order valence-electron chi connectivity index (χ0n) is 16.7. The number of hydrogen-bond acceptors (Lipinski definition) is 7. The van der Waals surface area contributed by atoms with E-state index in [4.69, 9.17) is 11.6 Å². The highest BCUT2D eigenvalue weighted by molar-refractivity contribution is 7.09. The van der Waals surface area contributed by atoms with Gasteiger partial charge in [-0.25, -0.2) is 4.98 Å². The van der Waals surface area contributed by atoms with Gasteiger partial charge in [-0.1, -0.05) is 37.6 Å². The maximum atomic E-state index is 5.92. The summed E-state index contributed by atoms with van der Waals surface area (Å²) in [5.41, 5.74) is 2.04. The maximum Gasteiger partial charge on any atom is 0.224 e. The molecule has 9 heteroatoms. The van der Waals surface area contributed by atoms with E-state index < -0.39 is 0 Å². The van der Waals surface area contributed by atoms with Crippen LogP contribution in [-0.2, 0) is 7.05 Å². The zero-order chi connectivity index (χ0) is 20.8. The predicted molar refractivity (Wildman–Crippen MR) is 118 cm³/mol. The van der Waals surface area contributed by atoms with E-state index in [2.05, 4.69) is 43.7 Å². The fraction of sp³-hybridized carbons (Fsp3) is 0.250. The van der Waals surface area contributed by atoms with Crippen LogP contribution in [0.15, 0.2) is 48.8 Å². The Bertz CT molecular complexity index is 1060. The lowest BCUT2D eigenvalue weighted by atomic mass is 10.2. The van der Waals surface area contributed by atoms with Crippen LogP contribution in [0.25, 0.3) is 22.0 Å². The van der Waals surface area contributed by atoms with Crippen LogP contribution in [0.3, 0.4) is 0 Å². The van der Waals surface area contributed by atoms with Crippen molar-refractivity contribution in [2.75, 3.05) is 12.4 Å². The third kappa shape index (κ3) is 5.16. The molecule has 0 saturated heterocycles. The van der Waals surface area contributed by atoms with Crippen LogP contribution < -0.4 is 5.32 Å². The van der Waals surface area contributed by atoms with Crippen molar-refractivity contribution in [2.24, 2.45) is 7.05 Å². The van der Waals surface area contributed by atoms with Crippen LogP contribution in [-0.4, -0.2) is 36.2 Å². The van der Waals surface area contributed by atoms with E-state index in [9.17, 15) is 0 Å². The van der Waals surface area contributed by atoms with Crippen LogP contribution in [0.5, 0.6) is 0 Å². The van der Waals surface area contributed by atoms with E-state index in [0.717, 1.165) is 38.8 Å². The Morgan fingerprint density at radius 1 is 1.07 bits per heavy atom. The summed E-state index contributed by atoms with van der Waals surface area (Å²) in [6, 6.07) is 11.5. The number of benzene rings is 1. The van der Waals surface area contributed by atoms with Gasteiger partial charge in [-0.2, -0.15) is 4.37 Å². The van der Waals surface area contributed by atoms with Gasteiger partial charge >= 0.3 is 0 Å². The molecule has 0 aliphatic heterocycles. The van der Waals surface area contributed by atoms with Crippen LogP contribution in [0.1, 0.15) is 25.6 Å². The fourth-order valence-electron chi connectivity index (χ4n) is 2.51. The average Bonchev–Trinajstić information content (AvgIpc) is 3.36. The molecular weight excluding hydrogens is 406 g/mol. The van der Waals surface area contributed by atoms with Gasteiger partial charge in [-0.3, -0.25) is 9.55 Å². The Balaban J connectivity index is 0.000000166. The average molecular weight is 428 g/mol. The summed E-state index contributed by atoms with van der Waals surface area (Å²) in [6.07, 6.45) is 3.48. The fourth-order valence-corrected chi connectivity index (χ4v) is 3.50. The lowest BCUT2D eigenvalue weighted by molar-refractivity contribution is 0.800. The summed E-state index contributed by atoms with van der Waals surface area (Å²) >= 11 is 7.34. The van der Waals surface area contributed by atoms with Crippen LogP contribution in [0.4, 0.5) is 5.95 Å². The summed E-state index contributed by atoms with van der Waals surface area (Å²) in [5.74, 6) is 2.85. The minimum atomic E-state index is 0.370. The van der Waals surface area contributed by atoms with Crippen molar-refractivity contribution in [3.05, 3.63) is 59.6 Å². The Kier molecular flexibility index (Phi) is 6.90. The number of rotatable bonds is 4. The molecule has 0 fully saturated rings. The SMILES string of the molecule is CC(C)c1nsc(-c2cccc(Cl)c2)n1.CNc1nnc(-c2ccncc2)n1C. The largest absolute Gasteiger partial charge is 0.357 e. The van der Waals surface area contributed by atoms with Crippen molar-refractivity contribution >= 4 is 29.1 Å². The number of anilines is 1. The van der Waals surface area contributed by atoms with Crippen molar-refractivity contribution in [3.63, 3.8) is 0 Å². The number of aromatic nitrogens is 6. The third-order valence-electron chi connectivity index (χ3n) is 4.07. The molecule has 3 heterocycles. The van der Waals surface area contributed by atoms with E-state index >= 15 is 0 Å². The molecule has 0 aliphatic rings. The number of halogens is 1. The highest BCUT2D eigenvalue weighted by Gasteiger charge is 2.09. The van der Waals surface area contributed by atoms with Gasteiger partial charge in [0.15, 0.2) is 5.82 Å². The molecule has 0 saturated carbocycles. The maximum absolute atomic E-state index is 5.92. The smallest absolute Gasteiger partial charge is 0.224 e. The van der Waals surface area contributed by atoms with Gasteiger partial charge in [0.05, 0.1) is 0 Å². The molecule has 0 unspecified atom stereocenters. The van der Waals surface area contributed by atoms with Gasteiger partial charge in [-0.05, 0) is 35.8 Å². The predicted octanol–water partition coefficient (Wildman–Crippen LogP) is 4.90. The number of nitrogens with one attached hydrogen (secondary N) is 1. The minimum Gasteiger partial charge on any atom is -0.357 e. The van der Waals surface area contributed by atoms with Gasteiger partial charge in [0.1, 0.15) is 10.8 Å². The topological polar surface area (TPSA) is 81.4 Å². The van der Waals surface area contributed by atoms with Gasteiger partial charge in [0.2, 0.25) is 5.95 Å². The minimum absolute atomic E-state index is 0.370. The molecule has 1 N–H and O–H groups in total. The molecule has 0 bridgehead atoms. The molecule has 3 aromatic heterocycles. The quantitative estimate of drug-likeness (QED) is 0.498. The number of hydrogen-bond donors (Lipinski definition) is 1. The summed E-state index contributed by atoms with van der Waals surface area (Å²) in [5, 5.41) is 12.7. The summed E-state index contributed by atoms with van der Waals surface area (Å²) in [6.45, 7) is 4.17. The van der Waals surface area contributed by atoms with Crippen LogP contribution in [0.2, 0.25) is 5.02 Å². The van der Waals surface area contributed by atoms with E-state index in [0.29, 0.717) is 5.92 Å². The van der Waals surface area contributed by atoms with Gasteiger partial charge < -0.3 is 5.32 Å². The number of pyridine rings is 1. The van der Waals surface area contributed by atoms with Crippen molar-refractivity contribution in [2.45, 2.75) is 19.8 Å². The van der Waals surface area contributed by atoms with Crippen molar-refractivity contribution < 1.29 is 0 Å². The molecule has 0 aliphatic carbocycles. The van der Waals surface area contributed by atoms with E-state index in [1.165, 1.54) is 11.5 Å². The first-order valence-corrected chi connectivity index (χ1v) is 10.2. The molecule has 29 heavy (non-hydrogen) atoms.